The number of likely N-dealkylation sites (tertiary alicyclic amines) is 1. The Balaban J connectivity index is 2.45. The van der Waals surface area contributed by atoms with Gasteiger partial charge in [-0.1, -0.05) is 20.8 Å². The second kappa shape index (κ2) is 4.43. The molecule has 4 unspecified atom stereocenters. The Bertz CT molecular complexity index is 148. The highest BCUT2D eigenvalue weighted by Gasteiger charge is 2.30. The van der Waals surface area contributed by atoms with Gasteiger partial charge in [-0.05, 0) is 31.2 Å². The molecule has 2 N–H and O–H groups in total. The summed E-state index contributed by atoms with van der Waals surface area (Å²) < 4.78 is 0. The van der Waals surface area contributed by atoms with E-state index in [1.807, 2.05) is 0 Å². The maximum atomic E-state index is 5.68. The molecule has 0 aliphatic carbocycles. The molecule has 0 bridgehead atoms. The lowest BCUT2D eigenvalue weighted by molar-refractivity contribution is 0.193. The molecule has 0 amide bonds. The van der Waals surface area contributed by atoms with E-state index >= 15 is 0 Å². The molecule has 0 radical (unpaired) electrons. The zero-order valence-corrected chi connectivity index (χ0v) is 9.46. The van der Waals surface area contributed by atoms with Crippen molar-refractivity contribution in [3.05, 3.63) is 0 Å². The van der Waals surface area contributed by atoms with Crippen molar-refractivity contribution < 1.29 is 0 Å². The maximum Gasteiger partial charge on any atom is 0.0105 e. The summed E-state index contributed by atoms with van der Waals surface area (Å²) >= 11 is 0. The van der Waals surface area contributed by atoms with Gasteiger partial charge in [0.15, 0.2) is 0 Å². The van der Waals surface area contributed by atoms with Gasteiger partial charge in [-0.2, -0.15) is 0 Å². The standard InChI is InChI=1S/C11H24N2/c1-8(5-12)11(4)13-6-9(2)10(3)7-13/h8-11H,5-7,12H2,1-4H3. The third kappa shape index (κ3) is 2.44. The van der Waals surface area contributed by atoms with Crippen molar-refractivity contribution in [3.63, 3.8) is 0 Å². The van der Waals surface area contributed by atoms with Crippen molar-refractivity contribution in [2.75, 3.05) is 19.6 Å². The highest BCUT2D eigenvalue weighted by Crippen LogP contribution is 2.25. The third-order valence-electron chi connectivity index (χ3n) is 3.79. The summed E-state index contributed by atoms with van der Waals surface area (Å²) in [5, 5.41) is 0. The van der Waals surface area contributed by atoms with E-state index in [9.17, 15) is 0 Å². The van der Waals surface area contributed by atoms with Crippen molar-refractivity contribution >= 4 is 0 Å². The lowest BCUT2D eigenvalue weighted by Crippen LogP contribution is -2.38. The van der Waals surface area contributed by atoms with Gasteiger partial charge in [-0.15, -0.1) is 0 Å². The van der Waals surface area contributed by atoms with Gasteiger partial charge in [0, 0.05) is 19.1 Å². The lowest BCUT2D eigenvalue weighted by Gasteiger charge is -2.28. The van der Waals surface area contributed by atoms with E-state index in [1.165, 1.54) is 13.1 Å². The molecule has 2 nitrogen and oxygen atoms in total. The molecule has 0 spiro atoms. The van der Waals surface area contributed by atoms with Crippen LogP contribution < -0.4 is 5.73 Å². The molecule has 4 atom stereocenters. The molecular weight excluding hydrogens is 160 g/mol. The minimum Gasteiger partial charge on any atom is -0.330 e. The Morgan fingerprint density at radius 2 is 1.69 bits per heavy atom. The summed E-state index contributed by atoms with van der Waals surface area (Å²) in [6.45, 7) is 12.6. The molecule has 0 aromatic rings. The van der Waals surface area contributed by atoms with Gasteiger partial charge < -0.3 is 5.73 Å². The van der Waals surface area contributed by atoms with E-state index < -0.39 is 0 Å². The molecule has 1 fully saturated rings. The highest BCUT2D eigenvalue weighted by atomic mass is 15.2. The molecule has 1 aliphatic rings. The predicted octanol–water partition coefficient (Wildman–Crippen LogP) is 1.56. The van der Waals surface area contributed by atoms with Gasteiger partial charge in [0.05, 0.1) is 0 Å². The topological polar surface area (TPSA) is 29.3 Å². The van der Waals surface area contributed by atoms with E-state index in [0.29, 0.717) is 12.0 Å². The first kappa shape index (κ1) is 11.0. The summed E-state index contributed by atoms with van der Waals surface area (Å²) in [6.07, 6.45) is 0. The van der Waals surface area contributed by atoms with Gasteiger partial charge in [0.25, 0.3) is 0 Å². The van der Waals surface area contributed by atoms with Gasteiger partial charge in [0.2, 0.25) is 0 Å². The van der Waals surface area contributed by atoms with Crippen LogP contribution in [-0.4, -0.2) is 30.6 Å². The number of hydrogen-bond acceptors (Lipinski definition) is 2. The lowest BCUT2D eigenvalue weighted by atomic mass is 10.0. The summed E-state index contributed by atoms with van der Waals surface area (Å²) in [5.41, 5.74) is 5.68. The van der Waals surface area contributed by atoms with Crippen LogP contribution in [0.2, 0.25) is 0 Å². The van der Waals surface area contributed by atoms with Crippen LogP contribution in [0.5, 0.6) is 0 Å². The predicted molar refractivity (Wildman–Crippen MR) is 57.6 cm³/mol. The van der Waals surface area contributed by atoms with Gasteiger partial charge in [0.1, 0.15) is 0 Å². The average Bonchev–Trinajstić information content (AvgIpc) is 2.44. The molecule has 1 heterocycles. The molecule has 78 valence electrons. The van der Waals surface area contributed by atoms with Crippen molar-refractivity contribution in [2.45, 2.75) is 33.7 Å². The Hall–Kier alpha value is -0.0800. The smallest absolute Gasteiger partial charge is 0.0105 e. The zero-order valence-electron chi connectivity index (χ0n) is 9.46. The first-order valence-electron chi connectivity index (χ1n) is 5.50. The Morgan fingerprint density at radius 1 is 1.23 bits per heavy atom. The molecule has 13 heavy (non-hydrogen) atoms. The van der Waals surface area contributed by atoms with Crippen molar-refractivity contribution in [3.8, 4) is 0 Å². The van der Waals surface area contributed by atoms with E-state index in [1.54, 1.807) is 0 Å². The number of rotatable bonds is 3. The summed E-state index contributed by atoms with van der Waals surface area (Å²) in [6, 6.07) is 0.650. The van der Waals surface area contributed by atoms with Crippen molar-refractivity contribution in [2.24, 2.45) is 23.5 Å². The molecule has 0 aromatic carbocycles. The van der Waals surface area contributed by atoms with Crippen LogP contribution in [0.1, 0.15) is 27.7 Å². The third-order valence-corrected chi connectivity index (χ3v) is 3.79. The fraction of sp³-hybridized carbons (Fsp3) is 1.00. The van der Waals surface area contributed by atoms with Crippen LogP contribution in [0.25, 0.3) is 0 Å². The first-order valence-corrected chi connectivity index (χ1v) is 5.50. The van der Waals surface area contributed by atoms with Crippen LogP contribution in [0.4, 0.5) is 0 Å². The van der Waals surface area contributed by atoms with Gasteiger partial charge in [-0.25, -0.2) is 0 Å². The first-order chi connectivity index (χ1) is 6.06. The van der Waals surface area contributed by atoms with Crippen LogP contribution >= 0.6 is 0 Å². The number of nitrogens with zero attached hydrogens (tertiary/aromatic N) is 1. The monoisotopic (exact) mass is 184 g/mol. The van der Waals surface area contributed by atoms with Crippen molar-refractivity contribution in [1.29, 1.82) is 0 Å². The fourth-order valence-corrected chi connectivity index (χ4v) is 2.06. The summed E-state index contributed by atoms with van der Waals surface area (Å²) in [4.78, 5) is 2.59. The molecule has 0 aromatic heterocycles. The van der Waals surface area contributed by atoms with Crippen LogP contribution in [-0.2, 0) is 0 Å². The molecule has 0 saturated carbocycles. The molecular formula is C11H24N2. The molecule has 2 heteroatoms. The van der Waals surface area contributed by atoms with Crippen LogP contribution in [0.15, 0.2) is 0 Å². The largest absolute Gasteiger partial charge is 0.330 e. The molecule has 1 aliphatic heterocycles. The Labute approximate surface area is 82.5 Å². The van der Waals surface area contributed by atoms with E-state index in [0.717, 1.165) is 18.4 Å². The second-order valence-electron chi connectivity index (χ2n) is 4.86. The van der Waals surface area contributed by atoms with Crippen LogP contribution in [0, 0.1) is 17.8 Å². The van der Waals surface area contributed by atoms with E-state index in [4.69, 9.17) is 5.73 Å². The average molecular weight is 184 g/mol. The molecule has 1 saturated heterocycles. The summed E-state index contributed by atoms with van der Waals surface area (Å²) in [7, 11) is 0. The van der Waals surface area contributed by atoms with E-state index in [-0.39, 0.29) is 0 Å². The number of nitrogens with two attached hydrogens (primary N) is 1. The van der Waals surface area contributed by atoms with Crippen molar-refractivity contribution in [1.82, 2.24) is 4.90 Å². The van der Waals surface area contributed by atoms with E-state index in [2.05, 4.69) is 32.6 Å². The van der Waals surface area contributed by atoms with Gasteiger partial charge in [-0.3, -0.25) is 4.90 Å². The maximum absolute atomic E-state index is 5.68. The van der Waals surface area contributed by atoms with Crippen LogP contribution in [0.3, 0.4) is 0 Å². The second-order valence-corrected chi connectivity index (χ2v) is 4.86. The minimum atomic E-state index is 0.623. The zero-order chi connectivity index (χ0) is 10.0. The summed E-state index contributed by atoms with van der Waals surface area (Å²) in [5.74, 6) is 2.33. The quantitative estimate of drug-likeness (QED) is 0.721. The molecule has 1 rings (SSSR count). The highest BCUT2D eigenvalue weighted by molar-refractivity contribution is 4.84. The Kier molecular flexibility index (Phi) is 3.74. The Morgan fingerprint density at radius 3 is 2.08 bits per heavy atom. The fourth-order valence-electron chi connectivity index (χ4n) is 2.06. The number of hydrogen-bond donors (Lipinski definition) is 1. The van der Waals surface area contributed by atoms with Gasteiger partial charge >= 0.3 is 0 Å². The SMILES string of the molecule is CC1CN(C(C)C(C)CN)CC1C. The minimum absolute atomic E-state index is 0.623. The normalized spacial score (nSPS) is 34.8.